The predicted molar refractivity (Wildman–Crippen MR) is 86.1 cm³/mol. The van der Waals surface area contributed by atoms with Crippen LogP contribution < -0.4 is 5.32 Å². The van der Waals surface area contributed by atoms with Crippen LogP contribution >= 0.6 is 0 Å². The van der Waals surface area contributed by atoms with Crippen molar-refractivity contribution in [1.29, 1.82) is 0 Å². The van der Waals surface area contributed by atoms with E-state index < -0.39 is 0 Å². The van der Waals surface area contributed by atoms with Crippen molar-refractivity contribution in [3.8, 4) is 0 Å². The first-order valence-electron chi connectivity index (χ1n) is 8.20. The average molecular weight is 271 g/mol. The van der Waals surface area contributed by atoms with Crippen molar-refractivity contribution >= 4 is 0 Å². The molecular formula is C19H29N. The van der Waals surface area contributed by atoms with Crippen LogP contribution in [0.3, 0.4) is 0 Å². The van der Waals surface area contributed by atoms with Crippen molar-refractivity contribution in [2.75, 3.05) is 6.54 Å². The largest absolute Gasteiger partial charge is 0.313 e. The summed E-state index contributed by atoms with van der Waals surface area (Å²) >= 11 is 0. The van der Waals surface area contributed by atoms with Gasteiger partial charge in [0.25, 0.3) is 0 Å². The van der Waals surface area contributed by atoms with Gasteiger partial charge in [0.05, 0.1) is 0 Å². The molecule has 0 heterocycles. The molecule has 0 aromatic heterocycles. The fourth-order valence-electron chi connectivity index (χ4n) is 3.58. The van der Waals surface area contributed by atoms with Gasteiger partial charge in [0, 0.05) is 18.0 Å². The van der Waals surface area contributed by atoms with Crippen LogP contribution in [-0.2, 0) is 5.41 Å². The van der Waals surface area contributed by atoms with Crippen molar-refractivity contribution < 1.29 is 0 Å². The molecule has 1 aromatic rings. The first-order chi connectivity index (χ1) is 9.39. The van der Waals surface area contributed by atoms with E-state index in [4.69, 9.17) is 0 Å². The number of benzene rings is 1. The lowest BCUT2D eigenvalue weighted by atomic mass is 9.52. The van der Waals surface area contributed by atoms with E-state index in [-0.39, 0.29) is 0 Å². The van der Waals surface area contributed by atoms with E-state index in [2.05, 4.69) is 57.3 Å². The molecule has 0 spiro atoms. The van der Waals surface area contributed by atoms with Gasteiger partial charge in [-0.15, -0.1) is 0 Å². The van der Waals surface area contributed by atoms with Crippen LogP contribution in [-0.4, -0.2) is 12.6 Å². The van der Waals surface area contributed by atoms with Crippen molar-refractivity contribution in [2.24, 2.45) is 11.3 Å². The molecule has 1 aromatic carbocycles. The zero-order valence-corrected chi connectivity index (χ0v) is 13.5. The minimum absolute atomic E-state index is 0.395. The van der Waals surface area contributed by atoms with Crippen LogP contribution in [0.15, 0.2) is 24.3 Å². The summed E-state index contributed by atoms with van der Waals surface area (Å²) in [5.74, 6) is 0.865. The summed E-state index contributed by atoms with van der Waals surface area (Å²) in [6.07, 6.45) is 5.46. The highest BCUT2D eigenvalue weighted by Crippen LogP contribution is 2.54. The van der Waals surface area contributed by atoms with Crippen LogP contribution in [0.1, 0.15) is 57.6 Å². The fourth-order valence-corrected chi connectivity index (χ4v) is 3.58. The molecule has 20 heavy (non-hydrogen) atoms. The fraction of sp³-hybridized carbons (Fsp3) is 0.684. The van der Waals surface area contributed by atoms with Gasteiger partial charge in [-0.1, -0.05) is 50.6 Å². The van der Waals surface area contributed by atoms with Gasteiger partial charge in [-0.2, -0.15) is 0 Å². The summed E-state index contributed by atoms with van der Waals surface area (Å²) in [5, 5.41) is 3.79. The Morgan fingerprint density at radius 1 is 1.20 bits per heavy atom. The first-order valence-corrected chi connectivity index (χ1v) is 8.20. The summed E-state index contributed by atoms with van der Waals surface area (Å²) in [4.78, 5) is 0. The van der Waals surface area contributed by atoms with Crippen molar-refractivity contribution in [3.63, 3.8) is 0 Å². The van der Waals surface area contributed by atoms with Gasteiger partial charge in [0.15, 0.2) is 0 Å². The lowest BCUT2D eigenvalue weighted by molar-refractivity contribution is 0.0446. The molecule has 1 heteroatoms. The Morgan fingerprint density at radius 3 is 2.45 bits per heavy atom. The maximum absolute atomic E-state index is 3.79. The zero-order chi connectivity index (χ0) is 14.4. The van der Waals surface area contributed by atoms with E-state index in [0.717, 1.165) is 12.0 Å². The lowest BCUT2D eigenvalue weighted by Gasteiger charge is -2.53. The zero-order valence-electron chi connectivity index (χ0n) is 13.5. The topological polar surface area (TPSA) is 12.0 Å². The molecule has 1 nitrogen and oxygen atoms in total. The normalized spacial score (nSPS) is 30.1. The van der Waals surface area contributed by atoms with Gasteiger partial charge in [0.2, 0.25) is 0 Å². The van der Waals surface area contributed by atoms with Crippen molar-refractivity contribution in [2.45, 2.75) is 64.8 Å². The Balaban J connectivity index is 1.78. The molecule has 0 unspecified atom stereocenters. The molecule has 0 radical (unpaired) electrons. The predicted octanol–water partition coefficient (Wildman–Crippen LogP) is 4.44. The Morgan fingerprint density at radius 2 is 1.90 bits per heavy atom. The molecule has 2 aliphatic carbocycles. The first kappa shape index (κ1) is 14.1. The monoisotopic (exact) mass is 271 g/mol. The van der Waals surface area contributed by atoms with Crippen LogP contribution in [0.4, 0.5) is 0 Å². The molecule has 110 valence electrons. The second kappa shape index (κ2) is 4.87. The Labute approximate surface area is 124 Å². The Hall–Kier alpha value is -0.820. The molecule has 0 atom stereocenters. The second-order valence-corrected chi connectivity index (χ2v) is 8.28. The number of hydrogen-bond acceptors (Lipinski definition) is 1. The van der Waals surface area contributed by atoms with E-state index in [1.807, 2.05) is 0 Å². The average Bonchev–Trinajstić information content (AvgIpc) is 3.09. The van der Waals surface area contributed by atoms with E-state index in [9.17, 15) is 0 Å². The molecule has 0 aliphatic heterocycles. The van der Waals surface area contributed by atoms with E-state index >= 15 is 0 Å². The summed E-state index contributed by atoms with van der Waals surface area (Å²) in [6, 6.07) is 10.0. The molecule has 2 fully saturated rings. The third-order valence-electron chi connectivity index (χ3n) is 5.44. The molecule has 2 saturated carbocycles. The third-order valence-corrected chi connectivity index (χ3v) is 5.44. The minimum atomic E-state index is 0.395. The standard InChI is InChI=1S/C19H29N/c1-14-6-5-7-15(10-14)19(13-20-17-8-9-17)11-16(12-19)18(2,3)4/h5-7,10,16-17,20H,8-9,11-13H2,1-4H3. The number of nitrogens with one attached hydrogen (secondary N) is 1. The highest BCUT2D eigenvalue weighted by molar-refractivity contribution is 5.33. The van der Waals surface area contributed by atoms with E-state index in [1.54, 1.807) is 5.56 Å². The Kier molecular flexibility index (Phi) is 3.44. The molecule has 0 bridgehead atoms. The second-order valence-electron chi connectivity index (χ2n) is 8.28. The summed E-state index contributed by atoms with van der Waals surface area (Å²) in [7, 11) is 0. The van der Waals surface area contributed by atoms with E-state index in [1.165, 1.54) is 37.8 Å². The molecule has 3 rings (SSSR count). The number of rotatable bonds is 4. The van der Waals surface area contributed by atoms with Crippen LogP contribution in [0.2, 0.25) is 0 Å². The quantitative estimate of drug-likeness (QED) is 0.853. The van der Waals surface area contributed by atoms with Gasteiger partial charge in [-0.25, -0.2) is 0 Å². The van der Waals surface area contributed by atoms with Gasteiger partial charge < -0.3 is 5.32 Å². The third kappa shape index (κ3) is 2.79. The SMILES string of the molecule is Cc1cccc(C2(CNC3CC3)CC(C(C)(C)C)C2)c1. The van der Waals surface area contributed by atoms with E-state index in [0.29, 0.717) is 10.8 Å². The van der Waals surface area contributed by atoms with Crippen LogP contribution in [0.5, 0.6) is 0 Å². The van der Waals surface area contributed by atoms with Crippen molar-refractivity contribution in [1.82, 2.24) is 5.32 Å². The van der Waals surface area contributed by atoms with Gasteiger partial charge in [0.1, 0.15) is 0 Å². The highest BCUT2D eigenvalue weighted by atomic mass is 15.0. The summed E-state index contributed by atoms with van der Waals surface area (Å²) in [6.45, 7) is 10.6. The molecule has 2 aliphatic rings. The molecule has 1 N–H and O–H groups in total. The van der Waals surface area contributed by atoms with Crippen LogP contribution in [0, 0.1) is 18.3 Å². The Bertz CT molecular complexity index is 473. The van der Waals surface area contributed by atoms with Crippen LogP contribution in [0.25, 0.3) is 0 Å². The summed E-state index contributed by atoms with van der Waals surface area (Å²) < 4.78 is 0. The molecular weight excluding hydrogens is 242 g/mol. The number of aryl methyl sites for hydroxylation is 1. The van der Waals surface area contributed by atoms with Gasteiger partial charge in [-0.05, 0) is 49.5 Å². The smallest absolute Gasteiger partial charge is 0.00836 e. The lowest BCUT2D eigenvalue weighted by Crippen LogP contribution is -2.52. The maximum atomic E-state index is 3.79. The number of hydrogen-bond donors (Lipinski definition) is 1. The van der Waals surface area contributed by atoms with Crippen molar-refractivity contribution in [3.05, 3.63) is 35.4 Å². The summed E-state index contributed by atoms with van der Waals surface area (Å²) in [5.41, 5.74) is 3.80. The van der Waals surface area contributed by atoms with Gasteiger partial charge in [-0.3, -0.25) is 0 Å². The minimum Gasteiger partial charge on any atom is -0.313 e. The molecule has 0 amide bonds. The van der Waals surface area contributed by atoms with Gasteiger partial charge >= 0.3 is 0 Å². The maximum Gasteiger partial charge on any atom is 0.00836 e. The highest BCUT2D eigenvalue weighted by Gasteiger charge is 2.49. The molecule has 0 saturated heterocycles.